The highest BCUT2D eigenvalue weighted by Crippen LogP contribution is 2.20. The van der Waals surface area contributed by atoms with Gasteiger partial charge < -0.3 is 5.11 Å². The Morgan fingerprint density at radius 2 is 1.93 bits per heavy atom. The van der Waals surface area contributed by atoms with Gasteiger partial charge in [-0.3, -0.25) is 9.18 Å². The number of alkyl halides is 1. The number of carbonyl (C=O) groups is 1. The van der Waals surface area contributed by atoms with Crippen LogP contribution in [0.1, 0.15) is 17.9 Å². The molecule has 76 valence electrons. The standard InChI is InChI=1S/C10H10F2O2/c11-6-5-9(10(13)14)7-1-3-8(12)4-2-7/h1-4,9H,5-6H2,(H,13,14). The van der Waals surface area contributed by atoms with Crippen LogP contribution in [-0.2, 0) is 4.79 Å². The SMILES string of the molecule is O=C(O)C(CCF)c1ccc(F)cc1. The van der Waals surface area contributed by atoms with Crippen LogP contribution >= 0.6 is 0 Å². The monoisotopic (exact) mass is 200 g/mol. The molecular weight excluding hydrogens is 190 g/mol. The van der Waals surface area contributed by atoms with E-state index in [4.69, 9.17) is 5.11 Å². The molecule has 4 heteroatoms. The van der Waals surface area contributed by atoms with Crippen molar-refractivity contribution in [3.63, 3.8) is 0 Å². The van der Waals surface area contributed by atoms with E-state index in [-0.39, 0.29) is 6.42 Å². The largest absolute Gasteiger partial charge is 0.481 e. The summed E-state index contributed by atoms with van der Waals surface area (Å²) in [6.07, 6.45) is -0.0824. The lowest BCUT2D eigenvalue weighted by molar-refractivity contribution is -0.139. The lowest BCUT2D eigenvalue weighted by Crippen LogP contribution is -2.12. The molecule has 1 N–H and O–H groups in total. The second-order valence-corrected chi connectivity index (χ2v) is 2.92. The minimum absolute atomic E-state index is 0.0824. The number of carboxylic acid groups (broad SMARTS) is 1. The summed E-state index contributed by atoms with van der Waals surface area (Å²) in [4.78, 5) is 10.7. The van der Waals surface area contributed by atoms with Crippen molar-refractivity contribution < 1.29 is 18.7 Å². The zero-order chi connectivity index (χ0) is 10.6. The number of hydrogen-bond acceptors (Lipinski definition) is 1. The minimum atomic E-state index is -1.09. The van der Waals surface area contributed by atoms with Gasteiger partial charge in [-0.15, -0.1) is 0 Å². The van der Waals surface area contributed by atoms with Crippen molar-refractivity contribution in [1.29, 1.82) is 0 Å². The maximum absolute atomic E-state index is 12.5. The van der Waals surface area contributed by atoms with Gasteiger partial charge in [-0.1, -0.05) is 12.1 Å². The van der Waals surface area contributed by atoms with Gasteiger partial charge in [-0.05, 0) is 24.1 Å². The van der Waals surface area contributed by atoms with E-state index >= 15 is 0 Å². The first-order chi connectivity index (χ1) is 6.65. The summed E-state index contributed by atoms with van der Waals surface area (Å²) < 4.78 is 24.5. The molecule has 1 unspecified atom stereocenters. The average molecular weight is 200 g/mol. The molecular formula is C10H10F2O2. The summed E-state index contributed by atoms with van der Waals surface area (Å²) in [5.74, 6) is -2.41. The molecule has 0 aliphatic rings. The van der Waals surface area contributed by atoms with Crippen LogP contribution in [0.15, 0.2) is 24.3 Å². The van der Waals surface area contributed by atoms with Gasteiger partial charge in [0, 0.05) is 0 Å². The predicted octanol–water partition coefficient (Wildman–Crippen LogP) is 2.35. The number of hydrogen-bond donors (Lipinski definition) is 1. The van der Waals surface area contributed by atoms with Crippen molar-refractivity contribution in [2.24, 2.45) is 0 Å². The molecule has 0 aliphatic carbocycles. The Bertz CT molecular complexity index is 308. The van der Waals surface area contributed by atoms with E-state index < -0.39 is 24.4 Å². The van der Waals surface area contributed by atoms with E-state index in [9.17, 15) is 13.6 Å². The summed E-state index contributed by atoms with van der Waals surface area (Å²) in [5, 5.41) is 8.77. The molecule has 1 atom stereocenters. The zero-order valence-electron chi connectivity index (χ0n) is 7.41. The van der Waals surface area contributed by atoms with Gasteiger partial charge in [-0.25, -0.2) is 4.39 Å². The Morgan fingerprint density at radius 1 is 1.36 bits per heavy atom. The number of benzene rings is 1. The third kappa shape index (κ3) is 2.52. The molecule has 0 saturated carbocycles. The van der Waals surface area contributed by atoms with Gasteiger partial charge in [-0.2, -0.15) is 0 Å². The molecule has 0 saturated heterocycles. The van der Waals surface area contributed by atoms with Gasteiger partial charge in [0.25, 0.3) is 0 Å². The van der Waals surface area contributed by atoms with Crippen molar-refractivity contribution in [2.45, 2.75) is 12.3 Å². The van der Waals surface area contributed by atoms with Gasteiger partial charge in [0.05, 0.1) is 12.6 Å². The van der Waals surface area contributed by atoms with Gasteiger partial charge in [0.15, 0.2) is 0 Å². The van der Waals surface area contributed by atoms with Crippen molar-refractivity contribution in [1.82, 2.24) is 0 Å². The molecule has 0 amide bonds. The fourth-order valence-electron chi connectivity index (χ4n) is 1.24. The van der Waals surface area contributed by atoms with Crippen molar-refractivity contribution >= 4 is 5.97 Å². The highest BCUT2D eigenvalue weighted by Gasteiger charge is 2.19. The van der Waals surface area contributed by atoms with Crippen LogP contribution in [0, 0.1) is 5.82 Å². The molecule has 0 heterocycles. The molecule has 1 aromatic carbocycles. The zero-order valence-corrected chi connectivity index (χ0v) is 7.41. The first-order valence-corrected chi connectivity index (χ1v) is 4.19. The summed E-state index contributed by atoms with van der Waals surface area (Å²) in [6.45, 7) is -0.700. The van der Waals surface area contributed by atoms with Crippen molar-refractivity contribution in [2.75, 3.05) is 6.67 Å². The first kappa shape index (κ1) is 10.6. The van der Waals surface area contributed by atoms with E-state index in [1.54, 1.807) is 0 Å². The number of carboxylic acids is 1. The normalized spacial score (nSPS) is 12.4. The second kappa shape index (κ2) is 4.69. The van der Waals surface area contributed by atoms with Crippen LogP contribution < -0.4 is 0 Å². The molecule has 0 spiro atoms. The van der Waals surface area contributed by atoms with Crippen LogP contribution in [-0.4, -0.2) is 17.8 Å². The molecule has 2 nitrogen and oxygen atoms in total. The molecule has 0 fully saturated rings. The first-order valence-electron chi connectivity index (χ1n) is 4.19. The van der Waals surface area contributed by atoms with Crippen LogP contribution in [0.5, 0.6) is 0 Å². The lowest BCUT2D eigenvalue weighted by Gasteiger charge is -2.09. The molecule has 0 aromatic heterocycles. The quantitative estimate of drug-likeness (QED) is 0.810. The van der Waals surface area contributed by atoms with E-state index in [0.29, 0.717) is 5.56 Å². The van der Waals surface area contributed by atoms with Crippen LogP contribution in [0.2, 0.25) is 0 Å². The summed E-state index contributed by atoms with van der Waals surface area (Å²) in [5.41, 5.74) is 0.427. The molecule has 1 rings (SSSR count). The fourth-order valence-corrected chi connectivity index (χ4v) is 1.24. The molecule has 0 aliphatic heterocycles. The van der Waals surface area contributed by atoms with Crippen LogP contribution in [0.3, 0.4) is 0 Å². The molecule has 1 aromatic rings. The Hall–Kier alpha value is -1.45. The second-order valence-electron chi connectivity index (χ2n) is 2.92. The Labute approximate surface area is 80.2 Å². The van der Waals surface area contributed by atoms with Gasteiger partial charge in [0.1, 0.15) is 5.82 Å². The van der Waals surface area contributed by atoms with Crippen molar-refractivity contribution in [3.8, 4) is 0 Å². The molecule has 0 bridgehead atoms. The van der Waals surface area contributed by atoms with Crippen LogP contribution in [0.4, 0.5) is 8.78 Å². The predicted molar refractivity (Wildman–Crippen MR) is 47.4 cm³/mol. The van der Waals surface area contributed by atoms with Gasteiger partial charge >= 0.3 is 5.97 Å². The van der Waals surface area contributed by atoms with E-state index in [1.165, 1.54) is 24.3 Å². The van der Waals surface area contributed by atoms with Crippen LogP contribution in [0.25, 0.3) is 0 Å². The maximum atomic E-state index is 12.5. The Kier molecular flexibility index (Phi) is 3.56. The fraction of sp³-hybridized carbons (Fsp3) is 0.300. The average Bonchev–Trinajstić information content (AvgIpc) is 2.15. The van der Waals surface area contributed by atoms with E-state index in [2.05, 4.69) is 0 Å². The highest BCUT2D eigenvalue weighted by molar-refractivity contribution is 5.76. The van der Waals surface area contributed by atoms with Gasteiger partial charge in [0.2, 0.25) is 0 Å². The van der Waals surface area contributed by atoms with E-state index in [1.807, 2.05) is 0 Å². The Morgan fingerprint density at radius 3 is 2.36 bits per heavy atom. The third-order valence-electron chi connectivity index (χ3n) is 1.97. The Balaban J connectivity index is 2.87. The highest BCUT2D eigenvalue weighted by atomic mass is 19.1. The maximum Gasteiger partial charge on any atom is 0.311 e. The lowest BCUT2D eigenvalue weighted by atomic mass is 9.96. The topological polar surface area (TPSA) is 37.3 Å². The minimum Gasteiger partial charge on any atom is -0.481 e. The summed E-state index contributed by atoms with van der Waals surface area (Å²) in [6, 6.07) is 5.07. The molecule has 14 heavy (non-hydrogen) atoms. The smallest absolute Gasteiger partial charge is 0.311 e. The third-order valence-corrected chi connectivity index (χ3v) is 1.97. The summed E-state index contributed by atoms with van der Waals surface area (Å²) >= 11 is 0. The van der Waals surface area contributed by atoms with Crippen molar-refractivity contribution in [3.05, 3.63) is 35.6 Å². The number of aliphatic carboxylic acids is 1. The summed E-state index contributed by atoms with van der Waals surface area (Å²) in [7, 11) is 0. The number of halogens is 2. The van der Waals surface area contributed by atoms with E-state index in [0.717, 1.165) is 0 Å². The number of rotatable bonds is 4. The molecule has 0 radical (unpaired) electrons.